The van der Waals surface area contributed by atoms with E-state index < -0.39 is 0 Å². The van der Waals surface area contributed by atoms with Crippen molar-refractivity contribution < 1.29 is 4.79 Å². The number of aromatic nitrogens is 2. The Hall–Kier alpha value is -1.36. The Bertz CT molecular complexity index is 266. The number of halogens is 1. The third-order valence-electron chi connectivity index (χ3n) is 1.18. The second-order valence-corrected chi connectivity index (χ2v) is 2.54. The molecule has 0 spiro atoms. The van der Waals surface area contributed by atoms with Crippen molar-refractivity contribution >= 4 is 23.4 Å². The predicted octanol–water partition coefficient (Wildman–Crippen LogP) is 0.837. The van der Waals surface area contributed by atoms with E-state index >= 15 is 0 Å². The molecule has 0 bridgehead atoms. The first kappa shape index (κ1) is 9.73. The number of alkyl halides is 1. The highest BCUT2D eigenvalue weighted by atomic mass is 35.5. The summed E-state index contributed by atoms with van der Waals surface area (Å²) in [5, 5.41) is 5.03. The van der Waals surface area contributed by atoms with Gasteiger partial charge in [-0.25, -0.2) is 9.78 Å². The molecule has 5 nitrogen and oxygen atoms in total. The zero-order chi connectivity index (χ0) is 9.52. The van der Waals surface area contributed by atoms with Crippen LogP contribution in [0.1, 0.15) is 0 Å². The molecule has 1 rings (SSSR count). The van der Waals surface area contributed by atoms with Gasteiger partial charge in [-0.15, -0.1) is 11.6 Å². The maximum absolute atomic E-state index is 11.0. The Kier molecular flexibility index (Phi) is 3.98. The van der Waals surface area contributed by atoms with Crippen LogP contribution in [0.15, 0.2) is 18.6 Å². The standard InChI is InChI=1S/C7H9ClN4O/c8-1-2-11-7(13)12-6-5-9-3-4-10-6/h3-5H,1-2H2,(H2,10,11,12,13). The monoisotopic (exact) mass is 200 g/mol. The second-order valence-electron chi connectivity index (χ2n) is 2.16. The molecule has 0 aliphatic rings. The highest BCUT2D eigenvalue weighted by molar-refractivity contribution is 6.18. The third-order valence-corrected chi connectivity index (χ3v) is 1.37. The van der Waals surface area contributed by atoms with Crippen molar-refractivity contribution in [2.75, 3.05) is 17.7 Å². The zero-order valence-electron chi connectivity index (χ0n) is 6.83. The van der Waals surface area contributed by atoms with Crippen LogP contribution in [0.3, 0.4) is 0 Å². The molecule has 0 saturated carbocycles. The fourth-order valence-corrected chi connectivity index (χ4v) is 0.779. The van der Waals surface area contributed by atoms with E-state index in [2.05, 4.69) is 20.6 Å². The number of nitrogens with one attached hydrogen (secondary N) is 2. The van der Waals surface area contributed by atoms with E-state index in [0.29, 0.717) is 18.2 Å². The molecule has 1 aromatic rings. The lowest BCUT2D eigenvalue weighted by Crippen LogP contribution is -2.30. The van der Waals surface area contributed by atoms with Gasteiger partial charge in [0.05, 0.1) is 6.20 Å². The van der Waals surface area contributed by atoms with Crippen LogP contribution in [-0.4, -0.2) is 28.4 Å². The topological polar surface area (TPSA) is 66.9 Å². The number of carbonyl (C=O) groups excluding carboxylic acids is 1. The lowest BCUT2D eigenvalue weighted by atomic mass is 10.6. The van der Waals surface area contributed by atoms with Gasteiger partial charge in [-0.05, 0) is 0 Å². The number of rotatable bonds is 3. The Labute approximate surface area is 80.5 Å². The predicted molar refractivity (Wildman–Crippen MR) is 49.8 cm³/mol. The van der Waals surface area contributed by atoms with Gasteiger partial charge in [0.15, 0.2) is 5.82 Å². The second kappa shape index (κ2) is 5.31. The number of urea groups is 1. The molecule has 1 aromatic heterocycles. The quantitative estimate of drug-likeness (QED) is 0.711. The van der Waals surface area contributed by atoms with Crippen molar-refractivity contribution in [2.45, 2.75) is 0 Å². The SMILES string of the molecule is O=C(NCCCl)Nc1cnccn1. The van der Waals surface area contributed by atoms with Gasteiger partial charge in [0.2, 0.25) is 0 Å². The lowest BCUT2D eigenvalue weighted by molar-refractivity contribution is 0.252. The lowest BCUT2D eigenvalue weighted by Gasteiger charge is -2.03. The van der Waals surface area contributed by atoms with E-state index in [1.54, 1.807) is 0 Å². The maximum atomic E-state index is 11.0. The molecular formula is C7H9ClN4O. The molecule has 0 unspecified atom stereocenters. The number of hydrogen-bond donors (Lipinski definition) is 2. The molecule has 2 amide bonds. The van der Waals surface area contributed by atoms with Crippen LogP contribution in [-0.2, 0) is 0 Å². The minimum atomic E-state index is -0.332. The highest BCUT2D eigenvalue weighted by Crippen LogP contribution is 1.95. The van der Waals surface area contributed by atoms with Crippen LogP contribution in [0.2, 0.25) is 0 Å². The summed E-state index contributed by atoms with van der Waals surface area (Å²) in [5.41, 5.74) is 0. The minimum Gasteiger partial charge on any atom is -0.337 e. The summed E-state index contributed by atoms with van der Waals surface area (Å²) in [7, 11) is 0. The normalized spacial score (nSPS) is 9.31. The van der Waals surface area contributed by atoms with Gasteiger partial charge < -0.3 is 5.32 Å². The van der Waals surface area contributed by atoms with Gasteiger partial charge in [0.25, 0.3) is 0 Å². The van der Waals surface area contributed by atoms with E-state index in [9.17, 15) is 4.79 Å². The van der Waals surface area contributed by atoms with Crippen LogP contribution in [0.5, 0.6) is 0 Å². The van der Waals surface area contributed by atoms with Crippen molar-refractivity contribution in [1.29, 1.82) is 0 Å². The summed E-state index contributed by atoms with van der Waals surface area (Å²) in [6, 6.07) is -0.332. The van der Waals surface area contributed by atoms with Crippen LogP contribution >= 0.6 is 11.6 Å². The van der Waals surface area contributed by atoms with E-state index in [4.69, 9.17) is 11.6 Å². The number of hydrogen-bond acceptors (Lipinski definition) is 3. The van der Waals surface area contributed by atoms with Crippen LogP contribution < -0.4 is 10.6 Å². The van der Waals surface area contributed by atoms with Crippen LogP contribution in [0.25, 0.3) is 0 Å². The van der Waals surface area contributed by atoms with Crippen molar-refractivity contribution in [1.82, 2.24) is 15.3 Å². The summed E-state index contributed by atoms with van der Waals surface area (Å²) in [6.07, 6.45) is 4.49. The summed E-state index contributed by atoms with van der Waals surface area (Å²) in [6.45, 7) is 0.424. The molecule has 0 fully saturated rings. The van der Waals surface area contributed by atoms with E-state index in [1.165, 1.54) is 18.6 Å². The summed E-state index contributed by atoms with van der Waals surface area (Å²) < 4.78 is 0. The van der Waals surface area contributed by atoms with E-state index in [-0.39, 0.29) is 6.03 Å². The van der Waals surface area contributed by atoms with Gasteiger partial charge in [0.1, 0.15) is 0 Å². The third kappa shape index (κ3) is 3.71. The van der Waals surface area contributed by atoms with Gasteiger partial charge in [-0.3, -0.25) is 10.3 Å². The Balaban J connectivity index is 2.37. The minimum absolute atomic E-state index is 0.332. The first-order chi connectivity index (χ1) is 6.33. The molecule has 0 saturated heterocycles. The first-order valence-corrected chi connectivity index (χ1v) is 4.23. The van der Waals surface area contributed by atoms with Gasteiger partial charge in [-0.1, -0.05) is 0 Å². The molecule has 0 atom stereocenters. The van der Waals surface area contributed by atoms with Crippen molar-refractivity contribution in [3.8, 4) is 0 Å². The summed E-state index contributed by atoms with van der Waals surface area (Å²) >= 11 is 5.38. The van der Waals surface area contributed by atoms with Crippen LogP contribution in [0, 0.1) is 0 Å². The fourth-order valence-electron chi connectivity index (χ4n) is 0.685. The molecule has 2 N–H and O–H groups in total. The smallest absolute Gasteiger partial charge is 0.320 e. The van der Waals surface area contributed by atoms with Crippen LogP contribution in [0.4, 0.5) is 10.6 Å². The number of carbonyl (C=O) groups is 1. The average molecular weight is 201 g/mol. The molecule has 13 heavy (non-hydrogen) atoms. The van der Waals surface area contributed by atoms with Crippen molar-refractivity contribution in [2.24, 2.45) is 0 Å². The number of amides is 2. The van der Waals surface area contributed by atoms with Gasteiger partial charge in [0, 0.05) is 24.8 Å². The Morgan fingerprint density at radius 2 is 2.38 bits per heavy atom. The Morgan fingerprint density at radius 1 is 1.54 bits per heavy atom. The van der Waals surface area contributed by atoms with Crippen molar-refractivity contribution in [3.05, 3.63) is 18.6 Å². The molecule has 1 heterocycles. The molecule has 0 radical (unpaired) electrons. The maximum Gasteiger partial charge on any atom is 0.320 e. The molecule has 0 aliphatic heterocycles. The highest BCUT2D eigenvalue weighted by Gasteiger charge is 1.99. The number of nitrogens with zero attached hydrogens (tertiary/aromatic N) is 2. The summed E-state index contributed by atoms with van der Waals surface area (Å²) in [5.74, 6) is 0.794. The van der Waals surface area contributed by atoms with Gasteiger partial charge >= 0.3 is 6.03 Å². The summed E-state index contributed by atoms with van der Waals surface area (Å²) in [4.78, 5) is 18.7. The van der Waals surface area contributed by atoms with E-state index in [0.717, 1.165) is 0 Å². The van der Waals surface area contributed by atoms with E-state index in [1.807, 2.05) is 0 Å². The number of anilines is 1. The van der Waals surface area contributed by atoms with Gasteiger partial charge in [-0.2, -0.15) is 0 Å². The molecule has 0 aliphatic carbocycles. The van der Waals surface area contributed by atoms with Crippen molar-refractivity contribution in [3.63, 3.8) is 0 Å². The zero-order valence-corrected chi connectivity index (χ0v) is 7.58. The molecule has 6 heteroatoms. The molecular weight excluding hydrogens is 192 g/mol. The molecule has 70 valence electrons. The largest absolute Gasteiger partial charge is 0.337 e. The molecule has 0 aromatic carbocycles. The average Bonchev–Trinajstić information content (AvgIpc) is 2.16. The Morgan fingerprint density at radius 3 is 3.00 bits per heavy atom. The first-order valence-electron chi connectivity index (χ1n) is 3.70. The fraction of sp³-hybridized carbons (Fsp3) is 0.286.